The number of hydrogen-bond acceptors (Lipinski definition) is 6. The SMILES string of the molecule is COc1ccc(-n2ccnc(Sc3ccc(OC(F)(F)F)cc3)c2=O)cc1OC. The molecule has 10 heteroatoms. The molecule has 6 nitrogen and oxygen atoms in total. The van der Waals surface area contributed by atoms with Crippen molar-refractivity contribution in [3.63, 3.8) is 0 Å². The van der Waals surface area contributed by atoms with Gasteiger partial charge < -0.3 is 14.2 Å². The number of aromatic nitrogens is 2. The van der Waals surface area contributed by atoms with Crippen LogP contribution in [-0.4, -0.2) is 30.1 Å². The lowest BCUT2D eigenvalue weighted by atomic mass is 10.2. The van der Waals surface area contributed by atoms with E-state index < -0.39 is 6.36 Å². The zero-order valence-electron chi connectivity index (χ0n) is 15.3. The summed E-state index contributed by atoms with van der Waals surface area (Å²) in [7, 11) is 3.00. The third-order valence-corrected chi connectivity index (χ3v) is 4.71. The van der Waals surface area contributed by atoms with E-state index in [-0.39, 0.29) is 16.3 Å². The molecule has 0 aliphatic heterocycles. The van der Waals surface area contributed by atoms with Gasteiger partial charge in [0.25, 0.3) is 5.56 Å². The van der Waals surface area contributed by atoms with Crippen LogP contribution in [0.3, 0.4) is 0 Å². The van der Waals surface area contributed by atoms with Gasteiger partial charge in [0.2, 0.25) is 0 Å². The Hall–Kier alpha value is -3.14. The van der Waals surface area contributed by atoms with Crippen molar-refractivity contribution in [1.29, 1.82) is 0 Å². The molecule has 0 unspecified atom stereocenters. The van der Waals surface area contributed by atoms with E-state index in [0.717, 1.165) is 11.8 Å². The molecule has 2 aromatic carbocycles. The van der Waals surface area contributed by atoms with E-state index in [9.17, 15) is 18.0 Å². The fourth-order valence-corrected chi connectivity index (χ4v) is 3.26. The van der Waals surface area contributed by atoms with Crippen molar-refractivity contribution < 1.29 is 27.4 Å². The number of halogens is 3. The Balaban J connectivity index is 1.87. The lowest BCUT2D eigenvalue weighted by Crippen LogP contribution is -2.20. The minimum Gasteiger partial charge on any atom is -0.493 e. The van der Waals surface area contributed by atoms with Gasteiger partial charge in [-0.1, -0.05) is 11.8 Å². The molecular weight excluding hydrogens is 409 g/mol. The number of nitrogens with zero attached hydrogens (tertiary/aromatic N) is 2. The molecule has 1 aromatic heterocycles. The van der Waals surface area contributed by atoms with Crippen LogP contribution < -0.4 is 19.8 Å². The molecule has 0 saturated carbocycles. The lowest BCUT2D eigenvalue weighted by Gasteiger charge is -2.12. The quantitative estimate of drug-likeness (QED) is 0.588. The van der Waals surface area contributed by atoms with Crippen LogP contribution in [0.4, 0.5) is 13.2 Å². The Morgan fingerprint density at radius 2 is 1.69 bits per heavy atom. The monoisotopic (exact) mass is 424 g/mol. The van der Waals surface area contributed by atoms with Gasteiger partial charge in [0.15, 0.2) is 16.5 Å². The van der Waals surface area contributed by atoms with Crippen molar-refractivity contribution >= 4 is 11.8 Å². The van der Waals surface area contributed by atoms with Crippen LogP contribution in [0.25, 0.3) is 5.69 Å². The molecule has 1 heterocycles. The van der Waals surface area contributed by atoms with Crippen LogP contribution in [0.15, 0.2) is 69.6 Å². The number of rotatable bonds is 6. The third kappa shape index (κ3) is 5.02. The van der Waals surface area contributed by atoms with E-state index in [0.29, 0.717) is 22.1 Å². The van der Waals surface area contributed by atoms with Gasteiger partial charge in [-0.3, -0.25) is 9.36 Å². The first-order valence-electron chi connectivity index (χ1n) is 8.14. The predicted octanol–water partition coefficient (Wildman–Crippen LogP) is 4.30. The first-order chi connectivity index (χ1) is 13.8. The second-order valence-corrected chi connectivity index (χ2v) is 6.63. The zero-order chi connectivity index (χ0) is 21.0. The highest BCUT2D eigenvalue weighted by Gasteiger charge is 2.31. The molecule has 0 fully saturated rings. The van der Waals surface area contributed by atoms with E-state index in [2.05, 4.69) is 9.72 Å². The number of methoxy groups -OCH3 is 2. The summed E-state index contributed by atoms with van der Waals surface area (Å²) in [5.41, 5.74) is 0.158. The topological polar surface area (TPSA) is 62.6 Å². The molecule has 29 heavy (non-hydrogen) atoms. The van der Waals surface area contributed by atoms with Crippen molar-refractivity contribution in [1.82, 2.24) is 9.55 Å². The molecule has 0 N–H and O–H groups in total. The molecule has 0 atom stereocenters. The van der Waals surface area contributed by atoms with Crippen LogP contribution >= 0.6 is 11.8 Å². The minimum absolute atomic E-state index is 0.159. The zero-order valence-corrected chi connectivity index (χ0v) is 16.1. The average Bonchev–Trinajstić information content (AvgIpc) is 2.69. The summed E-state index contributed by atoms with van der Waals surface area (Å²) in [5.74, 6) is 0.642. The van der Waals surface area contributed by atoms with Crippen molar-refractivity contribution in [3.05, 3.63) is 65.2 Å². The molecule has 0 bridgehead atoms. The second-order valence-electron chi connectivity index (χ2n) is 5.57. The molecule has 0 aliphatic rings. The molecule has 0 spiro atoms. The second kappa shape index (κ2) is 8.48. The van der Waals surface area contributed by atoms with Crippen LogP contribution in [0.1, 0.15) is 0 Å². The molecule has 0 amide bonds. The Labute approximate surface area is 167 Å². The Morgan fingerprint density at radius 1 is 1.00 bits per heavy atom. The number of alkyl halides is 3. The molecule has 3 rings (SSSR count). The summed E-state index contributed by atoms with van der Waals surface area (Å²) >= 11 is 1.03. The third-order valence-electron chi connectivity index (χ3n) is 3.73. The fraction of sp³-hybridized carbons (Fsp3) is 0.158. The van der Waals surface area contributed by atoms with Gasteiger partial charge in [0.1, 0.15) is 5.75 Å². The number of ether oxygens (including phenoxy) is 3. The first-order valence-corrected chi connectivity index (χ1v) is 8.96. The molecule has 152 valence electrons. The van der Waals surface area contributed by atoms with Crippen molar-refractivity contribution in [2.24, 2.45) is 0 Å². The maximum absolute atomic E-state index is 12.8. The van der Waals surface area contributed by atoms with Crippen molar-refractivity contribution in [2.45, 2.75) is 16.3 Å². The van der Waals surface area contributed by atoms with Crippen LogP contribution in [0.5, 0.6) is 17.2 Å². The van der Waals surface area contributed by atoms with Crippen molar-refractivity contribution in [2.75, 3.05) is 14.2 Å². The van der Waals surface area contributed by atoms with Gasteiger partial charge in [-0.05, 0) is 36.4 Å². The summed E-state index contributed by atoms with van der Waals surface area (Å²) in [4.78, 5) is 17.4. The predicted molar refractivity (Wildman–Crippen MR) is 100 cm³/mol. The summed E-state index contributed by atoms with van der Waals surface area (Å²) in [6.45, 7) is 0. The minimum atomic E-state index is -4.76. The van der Waals surface area contributed by atoms with Crippen LogP contribution in [0.2, 0.25) is 0 Å². The van der Waals surface area contributed by atoms with E-state index in [1.165, 1.54) is 55.4 Å². The Morgan fingerprint density at radius 3 is 2.31 bits per heavy atom. The van der Waals surface area contributed by atoms with Gasteiger partial charge in [-0.25, -0.2) is 4.98 Å². The highest BCUT2D eigenvalue weighted by atomic mass is 32.2. The normalized spacial score (nSPS) is 11.2. The standard InChI is InChI=1S/C19H15F3N2O4S/c1-26-15-8-3-12(11-16(15)27-2)24-10-9-23-17(18(24)25)29-14-6-4-13(5-7-14)28-19(20,21)22/h3-11H,1-2H3. The van der Waals surface area contributed by atoms with Gasteiger partial charge in [0.05, 0.1) is 19.9 Å². The maximum Gasteiger partial charge on any atom is 0.573 e. The van der Waals surface area contributed by atoms with E-state index in [1.54, 1.807) is 18.2 Å². The van der Waals surface area contributed by atoms with E-state index >= 15 is 0 Å². The summed E-state index contributed by atoms with van der Waals surface area (Å²) in [6, 6.07) is 10.2. The van der Waals surface area contributed by atoms with Gasteiger partial charge in [-0.2, -0.15) is 0 Å². The molecule has 0 saturated heterocycles. The van der Waals surface area contributed by atoms with Gasteiger partial charge in [-0.15, -0.1) is 13.2 Å². The van der Waals surface area contributed by atoms with Crippen LogP contribution in [-0.2, 0) is 0 Å². The van der Waals surface area contributed by atoms with Crippen molar-refractivity contribution in [3.8, 4) is 22.9 Å². The lowest BCUT2D eigenvalue weighted by molar-refractivity contribution is -0.274. The largest absolute Gasteiger partial charge is 0.573 e. The fourth-order valence-electron chi connectivity index (χ4n) is 2.46. The number of benzene rings is 2. The molecule has 0 aliphatic carbocycles. The Kier molecular flexibility index (Phi) is 6.02. The highest BCUT2D eigenvalue weighted by molar-refractivity contribution is 7.99. The average molecular weight is 424 g/mol. The molecule has 3 aromatic rings. The first kappa shape index (κ1) is 20.6. The van der Waals surface area contributed by atoms with E-state index in [1.807, 2.05) is 0 Å². The molecular formula is C19H15F3N2O4S. The molecule has 0 radical (unpaired) electrons. The maximum atomic E-state index is 12.8. The van der Waals surface area contributed by atoms with Gasteiger partial charge in [0, 0.05) is 23.4 Å². The summed E-state index contributed by atoms with van der Waals surface area (Å²) < 4.78 is 52.4. The summed E-state index contributed by atoms with van der Waals surface area (Å²) in [5, 5.41) is 0.159. The summed E-state index contributed by atoms with van der Waals surface area (Å²) in [6.07, 6.45) is -1.79. The van der Waals surface area contributed by atoms with Crippen LogP contribution in [0, 0.1) is 0 Å². The number of hydrogen-bond donors (Lipinski definition) is 0. The smallest absolute Gasteiger partial charge is 0.493 e. The van der Waals surface area contributed by atoms with Gasteiger partial charge >= 0.3 is 6.36 Å². The Bertz CT molecular complexity index is 1050. The van der Waals surface area contributed by atoms with E-state index in [4.69, 9.17) is 9.47 Å². The highest BCUT2D eigenvalue weighted by Crippen LogP contribution is 2.30.